The van der Waals surface area contributed by atoms with Crippen LogP contribution in [0.1, 0.15) is 32.1 Å². The van der Waals surface area contributed by atoms with Gasteiger partial charge in [0.2, 0.25) is 11.8 Å². The quantitative estimate of drug-likeness (QED) is 0.764. The van der Waals surface area contributed by atoms with Crippen LogP contribution in [0.5, 0.6) is 0 Å². The number of hydrogen-bond acceptors (Lipinski definition) is 3. The Morgan fingerprint density at radius 2 is 1.94 bits per heavy atom. The minimum atomic E-state index is -0.386. The molecule has 2 rings (SSSR count). The number of nitrogens with two attached hydrogens (primary N) is 1. The Bertz CT molecular complexity index is 337. The van der Waals surface area contributed by atoms with Crippen molar-refractivity contribution in [2.24, 2.45) is 11.1 Å². The topological polar surface area (TPSA) is 66.6 Å². The molecule has 2 N–H and O–H groups in total. The predicted octanol–water partition coefficient (Wildman–Crippen LogP) is 0.196. The highest BCUT2D eigenvalue weighted by Crippen LogP contribution is 2.39. The largest absolute Gasteiger partial charge is 0.344 e. The van der Waals surface area contributed by atoms with Gasteiger partial charge in [-0.05, 0) is 19.3 Å². The molecule has 102 valence electrons. The zero-order valence-corrected chi connectivity index (χ0v) is 11.2. The zero-order valence-electron chi connectivity index (χ0n) is 11.2. The predicted molar refractivity (Wildman–Crippen MR) is 68.8 cm³/mol. The SMILES string of the molecule is CN1CCCN(C(=O)C2(CN)CCCC2)CC1=O. The van der Waals surface area contributed by atoms with E-state index in [1.54, 1.807) is 16.8 Å². The highest BCUT2D eigenvalue weighted by Gasteiger charge is 2.43. The van der Waals surface area contributed by atoms with Gasteiger partial charge in [-0.3, -0.25) is 9.59 Å². The van der Waals surface area contributed by atoms with Gasteiger partial charge in [0.25, 0.3) is 0 Å². The molecule has 0 aromatic heterocycles. The summed E-state index contributed by atoms with van der Waals surface area (Å²) in [5, 5.41) is 0. The summed E-state index contributed by atoms with van der Waals surface area (Å²) in [6.45, 7) is 2.04. The molecule has 1 saturated heterocycles. The first kappa shape index (κ1) is 13.3. The molecular weight excluding hydrogens is 230 g/mol. The summed E-state index contributed by atoms with van der Waals surface area (Å²) in [4.78, 5) is 27.9. The van der Waals surface area contributed by atoms with Crippen molar-refractivity contribution in [3.63, 3.8) is 0 Å². The van der Waals surface area contributed by atoms with Gasteiger partial charge >= 0.3 is 0 Å². The molecule has 2 aliphatic rings. The number of likely N-dealkylation sites (N-methyl/N-ethyl adjacent to an activating group) is 1. The molecule has 0 atom stereocenters. The minimum Gasteiger partial charge on any atom is -0.344 e. The Labute approximate surface area is 108 Å². The van der Waals surface area contributed by atoms with Crippen LogP contribution < -0.4 is 5.73 Å². The van der Waals surface area contributed by atoms with Gasteiger partial charge in [0.1, 0.15) is 0 Å². The first-order valence-corrected chi connectivity index (χ1v) is 6.82. The van der Waals surface area contributed by atoms with Crippen LogP contribution in [0.15, 0.2) is 0 Å². The van der Waals surface area contributed by atoms with E-state index in [1.807, 2.05) is 0 Å². The van der Waals surface area contributed by atoms with Crippen LogP contribution in [0.3, 0.4) is 0 Å². The Balaban J connectivity index is 2.10. The van der Waals surface area contributed by atoms with E-state index in [0.717, 1.165) is 38.6 Å². The van der Waals surface area contributed by atoms with Gasteiger partial charge in [-0.1, -0.05) is 12.8 Å². The molecule has 0 aromatic carbocycles. The molecule has 1 saturated carbocycles. The van der Waals surface area contributed by atoms with Crippen LogP contribution in [0.2, 0.25) is 0 Å². The minimum absolute atomic E-state index is 0.0334. The third-order valence-electron chi connectivity index (χ3n) is 4.37. The van der Waals surface area contributed by atoms with Crippen molar-refractivity contribution >= 4 is 11.8 Å². The summed E-state index contributed by atoms with van der Waals surface area (Å²) in [5.41, 5.74) is 5.45. The number of carbonyl (C=O) groups is 2. The summed E-state index contributed by atoms with van der Waals surface area (Å²) in [7, 11) is 1.80. The molecule has 1 heterocycles. The third-order valence-corrected chi connectivity index (χ3v) is 4.37. The van der Waals surface area contributed by atoms with Gasteiger partial charge < -0.3 is 15.5 Å². The van der Waals surface area contributed by atoms with Gasteiger partial charge in [0, 0.05) is 26.7 Å². The van der Waals surface area contributed by atoms with Crippen molar-refractivity contribution in [2.75, 3.05) is 33.2 Å². The van der Waals surface area contributed by atoms with E-state index in [4.69, 9.17) is 5.73 Å². The number of hydrogen-bond donors (Lipinski definition) is 1. The molecule has 5 heteroatoms. The first-order chi connectivity index (χ1) is 8.59. The van der Waals surface area contributed by atoms with Crippen LogP contribution in [0, 0.1) is 5.41 Å². The third kappa shape index (κ3) is 2.36. The maximum Gasteiger partial charge on any atom is 0.241 e. The lowest BCUT2D eigenvalue weighted by atomic mass is 9.84. The number of amides is 2. The van der Waals surface area contributed by atoms with Gasteiger partial charge in [-0.15, -0.1) is 0 Å². The molecule has 0 unspecified atom stereocenters. The Morgan fingerprint density at radius 3 is 2.56 bits per heavy atom. The van der Waals surface area contributed by atoms with Gasteiger partial charge in [-0.2, -0.15) is 0 Å². The summed E-state index contributed by atoms with van der Waals surface area (Å²) in [6.07, 6.45) is 4.76. The number of rotatable bonds is 2. The molecule has 1 aliphatic heterocycles. The fraction of sp³-hybridized carbons (Fsp3) is 0.846. The van der Waals surface area contributed by atoms with E-state index in [1.165, 1.54) is 0 Å². The first-order valence-electron chi connectivity index (χ1n) is 6.82. The smallest absolute Gasteiger partial charge is 0.241 e. The second-order valence-corrected chi connectivity index (χ2v) is 5.59. The molecule has 18 heavy (non-hydrogen) atoms. The monoisotopic (exact) mass is 253 g/mol. The molecule has 2 amide bonds. The highest BCUT2D eigenvalue weighted by atomic mass is 16.2. The van der Waals surface area contributed by atoms with Crippen LogP contribution in [-0.2, 0) is 9.59 Å². The van der Waals surface area contributed by atoms with E-state index in [9.17, 15) is 9.59 Å². The maximum absolute atomic E-state index is 12.6. The van der Waals surface area contributed by atoms with E-state index in [0.29, 0.717) is 13.1 Å². The van der Waals surface area contributed by atoms with Crippen molar-refractivity contribution in [2.45, 2.75) is 32.1 Å². The maximum atomic E-state index is 12.6. The second-order valence-electron chi connectivity index (χ2n) is 5.59. The highest BCUT2D eigenvalue weighted by molar-refractivity contribution is 5.88. The lowest BCUT2D eigenvalue weighted by molar-refractivity contribution is -0.145. The van der Waals surface area contributed by atoms with Crippen molar-refractivity contribution in [1.29, 1.82) is 0 Å². The standard InChI is InChI=1S/C13H23N3O2/c1-15-7-4-8-16(9-11(15)17)12(18)13(10-14)5-2-3-6-13/h2-10,14H2,1H3. The zero-order chi connectivity index (χ0) is 13.2. The van der Waals surface area contributed by atoms with E-state index < -0.39 is 0 Å². The molecule has 0 radical (unpaired) electrons. The van der Waals surface area contributed by atoms with Gasteiger partial charge in [0.05, 0.1) is 12.0 Å². The second kappa shape index (κ2) is 5.26. The van der Waals surface area contributed by atoms with Crippen molar-refractivity contribution in [3.05, 3.63) is 0 Å². The molecular formula is C13H23N3O2. The van der Waals surface area contributed by atoms with Crippen LogP contribution in [0.25, 0.3) is 0 Å². The normalized spacial score (nSPS) is 24.2. The molecule has 5 nitrogen and oxygen atoms in total. The average Bonchev–Trinajstić information content (AvgIpc) is 2.79. The molecule has 0 aromatic rings. The Hall–Kier alpha value is -1.10. The van der Waals surface area contributed by atoms with Crippen LogP contribution in [-0.4, -0.2) is 54.8 Å². The van der Waals surface area contributed by atoms with Gasteiger partial charge in [-0.25, -0.2) is 0 Å². The van der Waals surface area contributed by atoms with Crippen LogP contribution in [0.4, 0.5) is 0 Å². The summed E-state index contributed by atoms with van der Waals surface area (Å²) < 4.78 is 0. The molecule has 1 aliphatic carbocycles. The summed E-state index contributed by atoms with van der Waals surface area (Å²) in [5.74, 6) is 0.136. The van der Waals surface area contributed by atoms with Gasteiger partial charge in [0.15, 0.2) is 0 Å². The summed E-state index contributed by atoms with van der Waals surface area (Å²) >= 11 is 0. The fourth-order valence-electron chi connectivity index (χ4n) is 3.05. The number of carbonyl (C=O) groups excluding carboxylic acids is 2. The Morgan fingerprint density at radius 1 is 1.28 bits per heavy atom. The van der Waals surface area contributed by atoms with Crippen molar-refractivity contribution in [3.8, 4) is 0 Å². The number of nitrogens with zero attached hydrogens (tertiary/aromatic N) is 2. The van der Waals surface area contributed by atoms with Crippen molar-refractivity contribution < 1.29 is 9.59 Å². The fourth-order valence-corrected chi connectivity index (χ4v) is 3.05. The lowest BCUT2D eigenvalue weighted by Crippen LogP contribution is -2.48. The van der Waals surface area contributed by atoms with E-state index in [-0.39, 0.29) is 23.8 Å². The molecule has 2 fully saturated rings. The molecule has 0 bridgehead atoms. The average molecular weight is 253 g/mol. The van der Waals surface area contributed by atoms with Crippen molar-refractivity contribution in [1.82, 2.24) is 9.80 Å². The van der Waals surface area contributed by atoms with E-state index in [2.05, 4.69) is 0 Å². The van der Waals surface area contributed by atoms with E-state index >= 15 is 0 Å². The Kier molecular flexibility index (Phi) is 3.90. The van der Waals surface area contributed by atoms with Crippen LogP contribution >= 0.6 is 0 Å². The lowest BCUT2D eigenvalue weighted by Gasteiger charge is -2.32. The summed E-state index contributed by atoms with van der Waals surface area (Å²) in [6, 6.07) is 0. The molecule has 0 spiro atoms.